The van der Waals surface area contributed by atoms with Crippen molar-refractivity contribution in [2.24, 2.45) is 17.8 Å². The van der Waals surface area contributed by atoms with E-state index in [9.17, 15) is 40.2 Å². The van der Waals surface area contributed by atoms with Gasteiger partial charge in [0.25, 0.3) is 0 Å². The van der Waals surface area contributed by atoms with E-state index in [4.69, 9.17) is 18.9 Å². The molecule has 2 heterocycles. The molecular weight excluding hydrogens is 480 g/mol. The Hall–Kier alpha value is -2.74. The van der Waals surface area contributed by atoms with Crippen molar-refractivity contribution in [3.8, 4) is 11.5 Å². The molecule has 1 aliphatic carbocycles. The molecule has 0 bridgehead atoms. The minimum Gasteiger partial charge on any atom is -0.504 e. The van der Waals surface area contributed by atoms with E-state index in [0.717, 1.165) is 6.26 Å². The number of carbonyl (C=O) groups is 2. The third-order valence-electron chi connectivity index (χ3n) is 7.03. The lowest BCUT2D eigenvalue weighted by molar-refractivity contribution is -0.342. The first-order valence-electron chi connectivity index (χ1n) is 11.6. The number of esters is 1. The van der Waals surface area contributed by atoms with Crippen molar-refractivity contribution >= 4 is 11.8 Å². The summed E-state index contributed by atoms with van der Waals surface area (Å²) >= 11 is 0. The fourth-order valence-corrected chi connectivity index (χ4v) is 4.87. The quantitative estimate of drug-likeness (QED) is 0.196. The Morgan fingerprint density at radius 1 is 1.08 bits per heavy atom. The fraction of sp³-hybridized carbons (Fsp3) is 0.583. The molecule has 12 nitrogen and oxygen atoms in total. The second-order valence-electron chi connectivity index (χ2n) is 9.26. The average Bonchev–Trinajstić information content (AvgIpc) is 3.16. The lowest BCUT2D eigenvalue weighted by Gasteiger charge is -2.42. The molecule has 198 valence electrons. The van der Waals surface area contributed by atoms with Crippen LogP contribution in [0.1, 0.15) is 18.9 Å². The molecule has 1 saturated carbocycles. The maximum absolute atomic E-state index is 12.8. The van der Waals surface area contributed by atoms with Crippen molar-refractivity contribution in [1.82, 2.24) is 0 Å². The second-order valence-corrected chi connectivity index (χ2v) is 9.26. The maximum Gasteiger partial charge on any atom is 0.337 e. The minimum absolute atomic E-state index is 0.0218. The number of carbonyl (C=O) groups excluding carboxylic acids is 2. The number of benzene rings is 1. The molecule has 2 fully saturated rings. The van der Waals surface area contributed by atoms with Crippen LogP contribution >= 0.6 is 0 Å². The van der Waals surface area contributed by atoms with Crippen molar-refractivity contribution in [2.45, 2.75) is 56.8 Å². The zero-order valence-electron chi connectivity index (χ0n) is 19.5. The summed E-state index contributed by atoms with van der Waals surface area (Å²) in [5.41, 5.74) is 0.794. The molecule has 6 N–H and O–H groups in total. The van der Waals surface area contributed by atoms with Gasteiger partial charge in [0.2, 0.25) is 6.29 Å². The van der Waals surface area contributed by atoms with Gasteiger partial charge in [0.1, 0.15) is 30.2 Å². The predicted molar refractivity (Wildman–Crippen MR) is 118 cm³/mol. The summed E-state index contributed by atoms with van der Waals surface area (Å²) in [7, 11) is 0. The number of ether oxygens (including phenoxy) is 4. The summed E-state index contributed by atoms with van der Waals surface area (Å²) in [6.07, 6.45) is -7.11. The van der Waals surface area contributed by atoms with Crippen LogP contribution < -0.4 is 0 Å². The molecule has 36 heavy (non-hydrogen) atoms. The van der Waals surface area contributed by atoms with Crippen LogP contribution in [-0.4, -0.2) is 92.6 Å². The van der Waals surface area contributed by atoms with Gasteiger partial charge in [-0.05, 0) is 17.7 Å². The number of rotatable bonds is 7. The topological polar surface area (TPSA) is 192 Å². The van der Waals surface area contributed by atoms with Gasteiger partial charge in [0.05, 0.1) is 25.0 Å². The van der Waals surface area contributed by atoms with Crippen molar-refractivity contribution in [2.75, 3.05) is 13.2 Å². The van der Waals surface area contributed by atoms with E-state index in [1.54, 1.807) is 13.0 Å². The Labute approximate surface area is 206 Å². The molecule has 0 aromatic heterocycles. The largest absolute Gasteiger partial charge is 0.504 e. The van der Waals surface area contributed by atoms with Crippen LogP contribution in [0, 0.1) is 17.8 Å². The first-order valence-corrected chi connectivity index (χ1v) is 11.6. The van der Waals surface area contributed by atoms with Crippen LogP contribution in [0.2, 0.25) is 0 Å². The average molecular weight is 510 g/mol. The van der Waals surface area contributed by atoms with E-state index < -0.39 is 67.3 Å². The van der Waals surface area contributed by atoms with Gasteiger partial charge in [-0.1, -0.05) is 13.0 Å². The van der Waals surface area contributed by atoms with Crippen molar-refractivity contribution < 1.29 is 59.2 Å². The highest BCUT2D eigenvalue weighted by Gasteiger charge is 2.53. The van der Waals surface area contributed by atoms with E-state index >= 15 is 0 Å². The predicted octanol–water partition coefficient (Wildman–Crippen LogP) is -0.919. The molecule has 4 rings (SSSR count). The van der Waals surface area contributed by atoms with Gasteiger partial charge in [-0.15, -0.1) is 0 Å². The number of hydrogen-bond donors (Lipinski definition) is 6. The molecule has 3 aliphatic rings. The van der Waals surface area contributed by atoms with Crippen molar-refractivity contribution in [3.05, 3.63) is 35.6 Å². The first-order chi connectivity index (χ1) is 17.1. The van der Waals surface area contributed by atoms with Crippen molar-refractivity contribution in [3.63, 3.8) is 0 Å². The molecule has 2 aliphatic heterocycles. The van der Waals surface area contributed by atoms with Gasteiger partial charge in [0, 0.05) is 30.6 Å². The summed E-state index contributed by atoms with van der Waals surface area (Å²) in [6, 6.07) is 4.27. The lowest BCUT2D eigenvalue weighted by atomic mass is 9.83. The van der Waals surface area contributed by atoms with Gasteiger partial charge >= 0.3 is 5.97 Å². The van der Waals surface area contributed by atoms with Crippen LogP contribution in [0.4, 0.5) is 0 Å². The van der Waals surface area contributed by atoms with E-state index in [-0.39, 0.29) is 42.3 Å². The third kappa shape index (κ3) is 5.05. The maximum atomic E-state index is 12.8. The van der Waals surface area contributed by atoms with Crippen LogP contribution in [-0.2, 0) is 35.0 Å². The molecule has 0 radical (unpaired) electrons. The molecule has 1 saturated heterocycles. The number of ketones is 1. The summed E-state index contributed by atoms with van der Waals surface area (Å²) in [5, 5.41) is 58.6. The Bertz CT molecular complexity index is 1010. The number of aliphatic hydroxyl groups excluding tert-OH is 4. The number of aliphatic hydroxyl groups is 4. The monoisotopic (exact) mass is 510 g/mol. The van der Waals surface area contributed by atoms with Crippen LogP contribution in [0.3, 0.4) is 0 Å². The van der Waals surface area contributed by atoms with Crippen LogP contribution in [0.5, 0.6) is 11.5 Å². The number of Topliss-reactive ketones (excluding diaryl/α,β-unsaturated/α-hetero) is 1. The lowest BCUT2D eigenvalue weighted by Crippen LogP contribution is -2.60. The zero-order chi connectivity index (χ0) is 26.1. The molecule has 0 spiro atoms. The Morgan fingerprint density at radius 2 is 1.83 bits per heavy atom. The van der Waals surface area contributed by atoms with Crippen LogP contribution in [0.15, 0.2) is 30.0 Å². The fourth-order valence-electron chi connectivity index (χ4n) is 4.87. The smallest absolute Gasteiger partial charge is 0.337 e. The number of fused-ring (bicyclic) bond motifs is 1. The Kier molecular flexibility index (Phi) is 7.83. The molecular formula is C24H30O12. The Morgan fingerprint density at radius 3 is 2.53 bits per heavy atom. The third-order valence-corrected chi connectivity index (χ3v) is 7.03. The highest BCUT2D eigenvalue weighted by atomic mass is 16.8. The van der Waals surface area contributed by atoms with E-state index in [1.807, 2.05) is 0 Å². The van der Waals surface area contributed by atoms with E-state index in [1.165, 1.54) is 12.1 Å². The summed E-state index contributed by atoms with van der Waals surface area (Å²) in [5.74, 6) is -3.09. The molecule has 9 unspecified atom stereocenters. The summed E-state index contributed by atoms with van der Waals surface area (Å²) < 4.78 is 22.1. The van der Waals surface area contributed by atoms with Gasteiger partial charge in [0.15, 0.2) is 17.8 Å². The van der Waals surface area contributed by atoms with E-state index in [2.05, 4.69) is 0 Å². The number of phenols is 2. The van der Waals surface area contributed by atoms with Gasteiger partial charge in [-0.25, -0.2) is 4.79 Å². The number of phenolic OH excluding ortho intramolecular Hbond substituents is 2. The van der Waals surface area contributed by atoms with Crippen LogP contribution in [0.25, 0.3) is 0 Å². The van der Waals surface area contributed by atoms with Gasteiger partial charge < -0.3 is 49.6 Å². The standard InChI is InChI=1S/C24H30O12/c1-10-15(27)7-12-13(22(32)33-5-4-11-2-3-14(26)16(28)6-11)9-34-23(18(10)12)36-24-21(31)20(30)19(29)17(8-25)35-24/h2-3,6,9-10,12,17-21,23-26,28-31H,4-5,7-8H2,1H3. The summed E-state index contributed by atoms with van der Waals surface area (Å²) in [6.45, 7) is 1.02. The first kappa shape index (κ1) is 26.3. The molecule has 12 heteroatoms. The molecule has 0 amide bonds. The SMILES string of the molecule is CC1C(=O)CC2C(C(=O)OCCc3ccc(O)c(O)c3)=COC(OC3OC(CO)C(O)C(O)C3O)C12. The second kappa shape index (κ2) is 10.7. The normalized spacial score (nSPS) is 36.1. The van der Waals surface area contributed by atoms with Crippen molar-refractivity contribution in [1.29, 1.82) is 0 Å². The summed E-state index contributed by atoms with van der Waals surface area (Å²) in [4.78, 5) is 25.4. The molecule has 1 aromatic carbocycles. The highest BCUT2D eigenvalue weighted by molar-refractivity contribution is 5.93. The molecule has 9 atom stereocenters. The highest BCUT2D eigenvalue weighted by Crippen LogP contribution is 2.46. The zero-order valence-corrected chi connectivity index (χ0v) is 19.5. The number of hydrogen-bond acceptors (Lipinski definition) is 12. The van der Waals surface area contributed by atoms with E-state index in [0.29, 0.717) is 5.56 Å². The van der Waals surface area contributed by atoms with Gasteiger partial charge in [-0.3, -0.25) is 4.79 Å². The Balaban J connectivity index is 1.43. The molecule has 1 aromatic rings. The minimum atomic E-state index is -1.65. The number of aromatic hydroxyl groups is 2. The van der Waals surface area contributed by atoms with Gasteiger partial charge in [-0.2, -0.15) is 0 Å².